The predicted molar refractivity (Wildman–Crippen MR) is 84.9 cm³/mol. The quantitative estimate of drug-likeness (QED) is 0.915. The van der Waals surface area contributed by atoms with Gasteiger partial charge in [0.2, 0.25) is 0 Å². The maximum absolute atomic E-state index is 5.89. The number of rotatable bonds is 5. The van der Waals surface area contributed by atoms with Gasteiger partial charge in [-0.15, -0.1) is 0 Å². The summed E-state index contributed by atoms with van der Waals surface area (Å²) in [4.78, 5) is 10.8. The van der Waals surface area contributed by atoms with Crippen LogP contribution in [-0.4, -0.2) is 24.1 Å². The van der Waals surface area contributed by atoms with Gasteiger partial charge in [0.25, 0.3) is 0 Å². The molecule has 5 nitrogen and oxygen atoms in total. The Kier molecular flexibility index (Phi) is 4.75. The van der Waals surface area contributed by atoms with Gasteiger partial charge in [0.15, 0.2) is 5.75 Å². The average Bonchev–Trinajstić information content (AvgIpc) is 2.47. The van der Waals surface area contributed by atoms with E-state index in [0.29, 0.717) is 12.3 Å². The Bertz CT molecular complexity index is 611. The zero-order valence-corrected chi connectivity index (χ0v) is 13.0. The van der Waals surface area contributed by atoms with Crippen molar-refractivity contribution < 1.29 is 4.74 Å². The number of ether oxygens (including phenoxy) is 1. The molecule has 0 atom stereocenters. The molecule has 0 aliphatic rings. The van der Waals surface area contributed by atoms with Crippen LogP contribution in [0, 0.1) is 0 Å². The third-order valence-electron chi connectivity index (χ3n) is 3.12. The third-order valence-corrected chi connectivity index (χ3v) is 3.12. The smallest absolute Gasteiger partial charge is 0.168 e. The standard InChI is InChI=1S/C16H22N4O/c1-11(2)16-18-10-15(14(9-17)19-16)21-13-7-5-6-12(8-13)20(3)4/h5-8,10-11H,9,17H2,1-4H3. The van der Waals surface area contributed by atoms with Gasteiger partial charge < -0.3 is 15.4 Å². The summed E-state index contributed by atoms with van der Waals surface area (Å²) in [5, 5.41) is 0. The average molecular weight is 286 g/mol. The zero-order chi connectivity index (χ0) is 15.4. The molecule has 2 rings (SSSR count). The van der Waals surface area contributed by atoms with Gasteiger partial charge in [0.05, 0.1) is 6.20 Å². The number of nitrogens with zero attached hydrogens (tertiary/aromatic N) is 3. The van der Waals surface area contributed by atoms with E-state index in [-0.39, 0.29) is 5.92 Å². The van der Waals surface area contributed by atoms with Crippen LogP contribution in [0.4, 0.5) is 5.69 Å². The zero-order valence-electron chi connectivity index (χ0n) is 13.0. The van der Waals surface area contributed by atoms with Crippen molar-refractivity contribution in [2.75, 3.05) is 19.0 Å². The monoisotopic (exact) mass is 286 g/mol. The minimum atomic E-state index is 0.265. The number of nitrogens with two attached hydrogens (primary N) is 1. The molecule has 112 valence electrons. The maximum Gasteiger partial charge on any atom is 0.168 e. The van der Waals surface area contributed by atoms with Gasteiger partial charge in [-0.05, 0) is 12.1 Å². The minimum absolute atomic E-state index is 0.265. The van der Waals surface area contributed by atoms with Crippen molar-refractivity contribution in [2.24, 2.45) is 5.73 Å². The second-order valence-electron chi connectivity index (χ2n) is 5.39. The summed E-state index contributed by atoms with van der Waals surface area (Å²) in [6.45, 7) is 4.43. The molecule has 0 unspecified atom stereocenters. The first-order valence-corrected chi connectivity index (χ1v) is 7.02. The Morgan fingerprint density at radius 3 is 2.67 bits per heavy atom. The summed E-state index contributed by atoms with van der Waals surface area (Å²) in [5.74, 6) is 2.40. The van der Waals surface area contributed by atoms with E-state index in [1.54, 1.807) is 6.20 Å². The van der Waals surface area contributed by atoms with Gasteiger partial charge in [-0.3, -0.25) is 0 Å². The summed E-state index contributed by atoms with van der Waals surface area (Å²) in [6.07, 6.45) is 1.70. The van der Waals surface area contributed by atoms with Gasteiger partial charge in [-0.1, -0.05) is 19.9 Å². The summed E-state index contributed by atoms with van der Waals surface area (Å²) < 4.78 is 5.89. The van der Waals surface area contributed by atoms with E-state index < -0.39 is 0 Å². The van der Waals surface area contributed by atoms with Crippen molar-refractivity contribution in [3.05, 3.63) is 42.0 Å². The molecule has 0 fully saturated rings. The van der Waals surface area contributed by atoms with E-state index in [1.807, 2.05) is 43.3 Å². The second-order valence-corrected chi connectivity index (χ2v) is 5.39. The lowest BCUT2D eigenvalue weighted by atomic mass is 10.2. The van der Waals surface area contributed by atoms with Crippen LogP contribution < -0.4 is 15.4 Å². The minimum Gasteiger partial charge on any atom is -0.454 e. The lowest BCUT2D eigenvalue weighted by Crippen LogP contribution is -2.09. The molecule has 0 aliphatic carbocycles. The van der Waals surface area contributed by atoms with Crippen molar-refractivity contribution in [3.63, 3.8) is 0 Å². The third kappa shape index (κ3) is 3.70. The van der Waals surface area contributed by atoms with E-state index in [9.17, 15) is 0 Å². The molecule has 1 aromatic carbocycles. The number of aromatic nitrogens is 2. The molecule has 2 N–H and O–H groups in total. The molecule has 1 heterocycles. The molecule has 0 spiro atoms. The van der Waals surface area contributed by atoms with Crippen LogP contribution in [0.25, 0.3) is 0 Å². The molecular weight excluding hydrogens is 264 g/mol. The molecular formula is C16H22N4O. The highest BCUT2D eigenvalue weighted by atomic mass is 16.5. The Morgan fingerprint density at radius 1 is 1.29 bits per heavy atom. The Balaban J connectivity index is 2.28. The van der Waals surface area contributed by atoms with E-state index >= 15 is 0 Å². The number of anilines is 1. The largest absolute Gasteiger partial charge is 0.454 e. The Hall–Kier alpha value is -2.14. The SMILES string of the molecule is CC(C)c1ncc(Oc2cccc(N(C)C)c2)c(CN)n1. The van der Waals surface area contributed by atoms with Gasteiger partial charge in [-0.2, -0.15) is 0 Å². The van der Waals surface area contributed by atoms with Crippen LogP contribution in [0.15, 0.2) is 30.5 Å². The van der Waals surface area contributed by atoms with Crippen LogP contribution in [0.5, 0.6) is 11.5 Å². The molecule has 5 heteroatoms. The highest BCUT2D eigenvalue weighted by Gasteiger charge is 2.11. The molecule has 0 saturated heterocycles. The van der Waals surface area contributed by atoms with E-state index in [0.717, 1.165) is 23.0 Å². The molecule has 0 amide bonds. The van der Waals surface area contributed by atoms with E-state index in [1.165, 1.54) is 0 Å². The van der Waals surface area contributed by atoms with Gasteiger partial charge in [-0.25, -0.2) is 9.97 Å². The van der Waals surface area contributed by atoms with Crippen molar-refractivity contribution in [1.29, 1.82) is 0 Å². The van der Waals surface area contributed by atoms with Gasteiger partial charge in [0.1, 0.15) is 17.3 Å². The molecule has 1 aromatic heterocycles. The topological polar surface area (TPSA) is 64.3 Å². The van der Waals surface area contributed by atoms with Crippen LogP contribution in [0.3, 0.4) is 0 Å². The van der Waals surface area contributed by atoms with E-state index in [2.05, 4.69) is 23.8 Å². The molecule has 0 saturated carbocycles. The van der Waals surface area contributed by atoms with Gasteiger partial charge in [0, 0.05) is 38.3 Å². The van der Waals surface area contributed by atoms with Crippen molar-refractivity contribution in [3.8, 4) is 11.5 Å². The summed E-state index contributed by atoms with van der Waals surface area (Å²) >= 11 is 0. The fourth-order valence-corrected chi connectivity index (χ4v) is 1.88. The fourth-order valence-electron chi connectivity index (χ4n) is 1.88. The highest BCUT2D eigenvalue weighted by Crippen LogP contribution is 2.27. The summed E-state index contributed by atoms with van der Waals surface area (Å²) in [7, 11) is 3.98. The number of hydrogen-bond donors (Lipinski definition) is 1. The first kappa shape index (κ1) is 15.3. The first-order chi connectivity index (χ1) is 10.0. The predicted octanol–water partition coefficient (Wildman–Crippen LogP) is 2.92. The Labute approximate surface area is 125 Å². The first-order valence-electron chi connectivity index (χ1n) is 7.02. The normalized spacial score (nSPS) is 10.8. The number of benzene rings is 1. The van der Waals surface area contributed by atoms with Crippen LogP contribution in [0.1, 0.15) is 31.3 Å². The van der Waals surface area contributed by atoms with Crippen LogP contribution >= 0.6 is 0 Å². The lowest BCUT2D eigenvalue weighted by Gasteiger charge is -2.15. The summed E-state index contributed by atoms with van der Waals surface area (Å²) in [6, 6.07) is 7.85. The summed E-state index contributed by atoms with van der Waals surface area (Å²) in [5.41, 5.74) is 7.57. The highest BCUT2D eigenvalue weighted by molar-refractivity contribution is 5.50. The number of hydrogen-bond acceptors (Lipinski definition) is 5. The van der Waals surface area contributed by atoms with Crippen molar-refractivity contribution >= 4 is 5.69 Å². The molecule has 0 radical (unpaired) electrons. The Morgan fingerprint density at radius 2 is 2.05 bits per heavy atom. The van der Waals surface area contributed by atoms with Crippen LogP contribution in [0.2, 0.25) is 0 Å². The molecule has 2 aromatic rings. The van der Waals surface area contributed by atoms with Crippen molar-refractivity contribution in [1.82, 2.24) is 9.97 Å². The second kappa shape index (κ2) is 6.54. The lowest BCUT2D eigenvalue weighted by molar-refractivity contribution is 0.467. The van der Waals surface area contributed by atoms with Crippen LogP contribution in [-0.2, 0) is 6.54 Å². The van der Waals surface area contributed by atoms with E-state index in [4.69, 9.17) is 10.5 Å². The van der Waals surface area contributed by atoms with Crippen molar-refractivity contribution in [2.45, 2.75) is 26.3 Å². The molecule has 0 aliphatic heterocycles. The maximum atomic E-state index is 5.89. The van der Waals surface area contributed by atoms with Gasteiger partial charge >= 0.3 is 0 Å². The fraction of sp³-hybridized carbons (Fsp3) is 0.375. The molecule has 0 bridgehead atoms. The molecule has 21 heavy (non-hydrogen) atoms.